The van der Waals surface area contributed by atoms with Gasteiger partial charge in [-0.1, -0.05) is 0 Å². The van der Waals surface area contributed by atoms with E-state index < -0.39 is 29.3 Å². The molecule has 0 unspecified atom stereocenters. The van der Waals surface area contributed by atoms with Crippen LogP contribution in [0.15, 0.2) is 38.4 Å². The minimum Gasteiger partial charge on any atom is -0.548 e. The predicted molar refractivity (Wildman–Crippen MR) is 99.0 cm³/mol. The molecule has 1 heterocycles. The molecule has 10 nitrogen and oxygen atoms in total. The Hall–Kier alpha value is -3.60. The van der Waals surface area contributed by atoms with Gasteiger partial charge in [-0.2, -0.15) is 0 Å². The summed E-state index contributed by atoms with van der Waals surface area (Å²) in [6.45, 7) is 1.16. The molecule has 150 valence electrons. The van der Waals surface area contributed by atoms with Crippen molar-refractivity contribution in [1.29, 1.82) is 0 Å². The normalized spacial score (nSPS) is 12.0. The van der Waals surface area contributed by atoms with Crippen LogP contribution in [0.5, 0.6) is 0 Å². The standard InChI is InChI=1S/C18H15N3O7S/c1-7(22)20-10(18(26)27)6-29-16-14(19)11(23)5-13-15(16)21-9-4-8(17(24)25)2-3-12(9)28-13/h2-5,10H,6,19H2,1H3,(H,20,22)(H,24,25)(H,26,27)/p-2/t10-/m0/s1. The molecule has 1 atom stereocenters. The highest BCUT2D eigenvalue weighted by atomic mass is 32.2. The number of fused-ring (bicyclic) bond motifs is 2. The van der Waals surface area contributed by atoms with E-state index in [-0.39, 0.29) is 44.5 Å². The molecule has 0 aromatic heterocycles. The summed E-state index contributed by atoms with van der Waals surface area (Å²) >= 11 is 0.876. The van der Waals surface area contributed by atoms with E-state index >= 15 is 0 Å². The molecule has 1 aliphatic heterocycles. The van der Waals surface area contributed by atoms with Gasteiger partial charge in [-0.15, -0.1) is 11.8 Å². The van der Waals surface area contributed by atoms with Crippen LogP contribution >= 0.6 is 11.8 Å². The van der Waals surface area contributed by atoms with Crippen molar-refractivity contribution in [2.24, 2.45) is 0 Å². The second kappa shape index (κ2) is 7.80. The number of aliphatic carboxylic acids is 1. The van der Waals surface area contributed by atoms with Gasteiger partial charge in [0.2, 0.25) is 11.3 Å². The smallest absolute Gasteiger partial charge is 0.217 e. The van der Waals surface area contributed by atoms with Crippen LogP contribution in [-0.4, -0.2) is 34.6 Å². The zero-order valence-electron chi connectivity index (χ0n) is 14.9. The Kier molecular flexibility index (Phi) is 5.41. The largest absolute Gasteiger partial charge is 0.548 e. The Labute approximate surface area is 167 Å². The summed E-state index contributed by atoms with van der Waals surface area (Å²) in [6, 6.07) is 3.70. The number of thioether (sulfide) groups is 1. The first-order valence-electron chi connectivity index (χ1n) is 8.16. The van der Waals surface area contributed by atoms with Crippen LogP contribution in [0.1, 0.15) is 17.3 Å². The van der Waals surface area contributed by atoms with Crippen molar-refractivity contribution in [3.63, 3.8) is 0 Å². The molecule has 2 aliphatic rings. The highest BCUT2D eigenvalue weighted by Crippen LogP contribution is 2.36. The number of amides is 1. The van der Waals surface area contributed by atoms with E-state index in [4.69, 9.17) is 10.2 Å². The number of nitrogen functional groups attached to an aromatic ring is 1. The van der Waals surface area contributed by atoms with Gasteiger partial charge < -0.3 is 35.3 Å². The first-order chi connectivity index (χ1) is 13.7. The third-order valence-corrected chi connectivity index (χ3v) is 5.13. The van der Waals surface area contributed by atoms with Gasteiger partial charge >= 0.3 is 0 Å². The van der Waals surface area contributed by atoms with Crippen LogP contribution in [0.25, 0.3) is 22.6 Å². The number of hydrogen-bond donors (Lipinski definition) is 2. The monoisotopic (exact) mass is 415 g/mol. The zero-order valence-corrected chi connectivity index (χ0v) is 15.7. The van der Waals surface area contributed by atoms with E-state index in [1.54, 1.807) is 0 Å². The molecule has 0 radical (unpaired) electrons. The van der Waals surface area contributed by atoms with Gasteiger partial charge in [0, 0.05) is 18.7 Å². The molecule has 3 N–H and O–H groups in total. The number of carboxylic acids is 2. The van der Waals surface area contributed by atoms with Crippen molar-refractivity contribution in [2.75, 3.05) is 11.5 Å². The minimum absolute atomic E-state index is 0.0879. The van der Waals surface area contributed by atoms with Crippen LogP contribution in [0.2, 0.25) is 0 Å². The van der Waals surface area contributed by atoms with Crippen molar-refractivity contribution in [1.82, 2.24) is 10.3 Å². The number of carbonyl (C=O) groups excluding carboxylic acids is 3. The van der Waals surface area contributed by atoms with Crippen LogP contribution in [0, 0.1) is 0 Å². The molecule has 29 heavy (non-hydrogen) atoms. The molecule has 0 saturated carbocycles. The number of nitrogens with two attached hydrogens (primary N) is 1. The lowest BCUT2D eigenvalue weighted by atomic mass is 10.1. The van der Waals surface area contributed by atoms with E-state index in [9.17, 15) is 29.4 Å². The van der Waals surface area contributed by atoms with Crippen molar-refractivity contribution >= 4 is 46.4 Å². The number of carbonyl (C=O) groups is 3. The summed E-state index contributed by atoms with van der Waals surface area (Å²) in [7, 11) is 0. The molecule has 3 rings (SSSR count). The molecule has 11 heteroatoms. The summed E-state index contributed by atoms with van der Waals surface area (Å²) in [6.07, 6.45) is 0. The Morgan fingerprint density at radius 3 is 2.62 bits per heavy atom. The highest BCUT2D eigenvalue weighted by molar-refractivity contribution is 7.99. The van der Waals surface area contributed by atoms with Gasteiger partial charge in [-0.3, -0.25) is 9.59 Å². The maximum Gasteiger partial charge on any atom is 0.217 e. The quantitative estimate of drug-likeness (QED) is 0.276. The summed E-state index contributed by atoms with van der Waals surface area (Å²) in [5, 5.41) is 24.5. The van der Waals surface area contributed by atoms with Crippen molar-refractivity contribution in [3.8, 4) is 11.5 Å². The molecule has 0 bridgehead atoms. The van der Waals surface area contributed by atoms with Crippen molar-refractivity contribution in [2.45, 2.75) is 17.9 Å². The molecular formula is C18H13N3O7S-2. The van der Waals surface area contributed by atoms with Gasteiger partial charge in [0.1, 0.15) is 11.2 Å². The molecule has 1 aromatic carbocycles. The second-order valence-electron chi connectivity index (χ2n) is 6.03. The number of nitrogens with one attached hydrogen (secondary N) is 1. The third kappa shape index (κ3) is 4.14. The molecule has 0 spiro atoms. The fourth-order valence-corrected chi connectivity index (χ4v) is 3.68. The number of aromatic carboxylic acids is 1. The highest BCUT2D eigenvalue weighted by Gasteiger charge is 2.22. The lowest BCUT2D eigenvalue weighted by Gasteiger charge is -2.20. The predicted octanol–water partition coefficient (Wildman–Crippen LogP) is -1.41. The van der Waals surface area contributed by atoms with Gasteiger partial charge in [-0.05, 0) is 23.8 Å². The average molecular weight is 415 g/mol. The Balaban J connectivity index is 2.10. The third-order valence-electron chi connectivity index (χ3n) is 3.92. The van der Waals surface area contributed by atoms with Crippen LogP contribution in [0.4, 0.5) is 5.69 Å². The number of hydrogen-bond acceptors (Lipinski definition) is 10. The second-order valence-corrected chi connectivity index (χ2v) is 7.06. The van der Waals surface area contributed by atoms with E-state index in [0.717, 1.165) is 24.8 Å². The van der Waals surface area contributed by atoms with E-state index in [1.165, 1.54) is 18.2 Å². The zero-order chi connectivity index (χ0) is 21.3. The summed E-state index contributed by atoms with van der Waals surface area (Å²) in [5.74, 6) is -3.57. The maximum atomic E-state index is 12.2. The Morgan fingerprint density at radius 2 is 2.00 bits per heavy atom. The minimum atomic E-state index is -1.50. The first-order valence-corrected chi connectivity index (χ1v) is 9.15. The fourth-order valence-electron chi connectivity index (χ4n) is 2.58. The number of nitrogens with zero attached hydrogens (tertiary/aromatic N) is 1. The number of benzene rings is 2. The molecular weight excluding hydrogens is 402 g/mol. The lowest BCUT2D eigenvalue weighted by Crippen LogP contribution is -2.48. The van der Waals surface area contributed by atoms with E-state index in [0.29, 0.717) is 0 Å². The fraction of sp³-hybridized carbons (Fsp3) is 0.167. The van der Waals surface area contributed by atoms with Crippen LogP contribution < -0.4 is 26.7 Å². The van der Waals surface area contributed by atoms with Crippen molar-refractivity contribution in [3.05, 3.63) is 40.1 Å². The molecule has 1 aliphatic carbocycles. The van der Waals surface area contributed by atoms with Gasteiger partial charge in [0.25, 0.3) is 0 Å². The number of anilines is 1. The first kappa shape index (κ1) is 20.1. The van der Waals surface area contributed by atoms with Crippen molar-refractivity contribution < 1.29 is 29.0 Å². The molecule has 0 fully saturated rings. The van der Waals surface area contributed by atoms with Crippen LogP contribution in [-0.2, 0) is 9.59 Å². The molecule has 0 saturated heterocycles. The average Bonchev–Trinajstić information content (AvgIpc) is 2.65. The van der Waals surface area contributed by atoms with Crippen LogP contribution in [0.3, 0.4) is 0 Å². The molecule has 1 amide bonds. The van der Waals surface area contributed by atoms with E-state index in [2.05, 4.69) is 10.3 Å². The molecule has 1 aromatic rings. The SMILES string of the molecule is CC(=O)N[C@@H](CSc1c2nc3cc(C(=O)[O-])ccc3oc-2cc(=O)c1N)C(=O)[O-]. The lowest BCUT2D eigenvalue weighted by molar-refractivity contribution is -0.307. The number of aromatic nitrogens is 1. The Morgan fingerprint density at radius 1 is 1.28 bits per heavy atom. The topological polar surface area (TPSA) is 178 Å². The Bertz CT molecular complexity index is 1170. The maximum absolute atomic E-state index is 12.2. The van der Waals surface area contributed by atoms with E-state index in [1.807, 2.05) is 0 Å². The van der Waals surface area contributed by atoms with Gasteiger partial charge in [0.05, 0.1) is 28.6 Å². The summed E-state index contributed by atoms with van der Waals surface area (Å²) < 4.78 is 5.63. The van der Waals surface area contributed by atoms with Gasteiger partial charge in [-0.25, -0.2) is 4.98 Å². The summed E-state index contributed by atoms with van der Waals surface area (Å²) in [4.78, 5) is 50.1. The number of rotatable bonds is 6. The summed E-state index contributed by atoms with van der Waals surface area (Å²) in [5.41, 5.74) is 5.57. The number of carboxylic acid groups (broad SMARTS) is 2. The van der Waals surface area contributed by atoms with Gasteiger partial charge in [0.15, 0.2) is 11.3 Å².